The molecule has 56 valence electrons. The van der Waals surface area contributed by atoms with E-state index < -0.39 is 0 Å². The van der Waals surface area contributed by atoms with Gasteiger partial charge in [-0.25, -0.2) is 0 Å². The Balaban J connectivity index is 2.87. The van der Waals surface area contributed by atoms with Crippen LogP contribution in [-0.4, -0.2) is 14.6 Å². The number of rotatable bonds is 0. The fourth-order valence-corrected chi connectivity index (χ4v) is 1.11. The maximum absolute atomic E-state index is 3.97. The third-order valence-corrected chi connectivity index (χ3v) is 1.72. The zero-order valence-corrected chi connectivity index (χ0v) is 6.57. The van der Waals surface area contributed by atoms with E-state index in [1.807, 2.05) is 29.7 Å². The number of hydrogen-bond acceptors (Lipinski definition) is 2. The molecular weight excluding hydrogens is 138 g/mol. The molecule has 3 heteroatoms. The van der Waals surface area contributed by atoms with Gasteiger partial charge in [-0.15, -0.1) is 10.2 Å². The van der Waals surface area contributed by atoms with Crippen molar-refractivity contribution in [2.75, 3.05) is 0 Å². The number of hydrogen-bond donors (Lipinski definition) is 0. The van der Waals surface area contributed by atoms with E-state index in [-0.39, 0.29) is 0 Å². The fraction of sp³-hybridized carbons (Fsp3) is 0.250. The molecule has 3 nitrogen and oxygen atoms in total. The fourth-order valence-electron chi connectivity index (χ4n) is 1.11. The van der Waals surface area contributed by atoms with Crippen LogP contribution in [-0.2, 0) is 0 Å². The molecule has 0 atom stereocenters. The van der Waals surface area contributed by atoms with Crippen LogP contribution in [0.3, 0.4) is 0 Å². The van der Waals surface area contributed by atoms with Crippen LogP contribution in [0.15, 0.2) is 18.3 Å². The molecule has 0 saturated heterocycles. The largest absolute Gasteiger partial charge is 0.286 e. The van der Waals surface area contributed by atoms with Gasteiger partial charge in [-0.05, 0) is 25.5 Å². The molecule has 0 aromatic carbocycles. The van der Waals surface area contributed by atoms with Crippen molar-refractivity contribution < 1.29 is 0 Å². The van der Waals surface area contributed by atoms with Crippen molar-refractivity contribution in [3.05, 3.63) is 29.7 Å². The average molecular weight is 147 g/mol. The Morgan fingerprint density at radius 1 is 1.18 bits per heavy atom. The van der Waals surface area contributed by atoms with Crippen LogP contribution in [0.2, 0.25) is 0 Å². The number of aryl methyl sites for hydroxylation is 2. The van der Waals surface area contributed by atoms with Crippen LogP contribution in [0.25, 0.3) is 5.65 Å². The zero-order chi connectivity index (χ0) is 7.84. The van der Waals surface area contributed by atoms with Crippen LogP contribution in [0, 0.1) is 13.8 Å². The van der Waals surface area contributed by atoms with Gasteiger partial charge in [0.2, 0.25) is 0 Å². The molecule has 0 saturated carbocycles. The van der Waals surface area contributed by atoms with Gasteiger partial charge in [-0.2, -0.15) is 0 Å². The van der Waals surface area contributed by atoms with Gasteiger partial charge in [0.1, 0.15) is 5.82 Å². The summed E-state index contributed by atoms with van der Waals surface area (Å²) >= 11 is 0. The van der Waals surface area contributed by atoms with E-state index >= 15 is 0 Å². The molecule has 2 aromatic rings. The van der Waals surface area contributed by atoms with E-state index in [1.54, 1.807) is 0 Å². The molecule has 0 amide bonds. The Labute approximate surface area is 64.7 Å². The van der Waals surface area contributed by atoms with Crippen molar-refractivity contribution in [3.63, 3.8) is 0 Å². The molecular formula is C8H9N3. The Morgan fingerprint density at radius 2 is 2.00 bits per heavy atom. The van der Waals surface area contributed by atoms with Gasteiger partial charge in [0.15, 0.2) is 5.65 Å². The summed E-state index contributed by atoms with van der Waals surface area (Å²) < 4.78 is 1.98. The molecule has 0 bridgehead atoms. The van der Waals surface area contributed by atoms with E-state index in [4.69, 9.17) is 0 Å². The predicted octanol–water partition coefficient (Wildman–Crippen LogP) is 1.35. The van der Waals surface area contributed by atoms with Crippen molar-refractivity contribution in [3.8, 4) is 0 Å². The topological polar surface area (TPSA) is 30.2 Å². The molecule has 0 fully saturated rings. The summed E-state index contributed by atoms with van der Waals surface area (Å²) in [5, 5.41) is 7.92. The summed E-state index contributed by atoms with van der Waals surface area (Å²) in [6, 6.07) is 4.00. The highest BCUT2D eigenvalue weighted by atomic mass is 15.2. The van der Waals surface area contributed by atoms with Crippen molar-refractivity contribution in [1.29, 1.82) is 0 Å². The Kier molecular flexibility index (Phi) is 1.18. The minimum atomic E-state index is 0.910. The first-order valence-electron chi connectivity index (χ1n) is 3.55. The van der Waals surface area contributed by atoms with Crippen molar-refractivity contribution in [2.45, 2.75) is 13.8 Å². The van der Waals surface area contributed by atoms with Crippen LogP contribution >= 0.6 is 0 Å². The molecule has 0 unspecified atom stereocenters. The van der Waals surface area contributed by atoms with Crippen LogP contribution in [0.1, 0.15) is 11.4 Å². The lowest BCUT2D eigenvalue weighted by Gasteiger charge is -1.94. The quantitative estimate of drug-likeness (QED) is 0.563. The smallest absolute Gasteiger partial charge is 0.160 e. The van der Waals surface area contributed by atoms with Gasteiger partial charge in [-0.3, -0.25) is 4.40 Å². The summed E-state index contributed by atoms with van der Waals surface area (Å²) in [6.07, 6.45) is 2.03. The standard InChI is InChI=1S/C8H9N3/c1-6-3-4-8-10-9-7(2)11(8)5-6/h3-5H,1-2H3. The molecule has 2 rings (SSSR count). The van der Waals surface area contributed by atoms with Gasteiger partial charge < -0.3 is 0 Å². The van der Waals surface area contributed by atoms with Gasteiger partial charge in [-0.1, -0.05) is 6.07 Å². The van der Waals surface area contributed by atoms with E-state index in [0.29, 0.717) is 0 Å². The lowest BCUT2D eigenvalue weighted by Crippen LogP contribution is -1.87. The number of nitrogens with zero attached hydrogens (tertiary/aromatic N) is 3. The summed E-state index contributed by atoms with van der Waals surface area (Å²) in [7, 11) is 0. The van der Waals surface area contributed by atoms with Gasteiger partial charge in [0, 0.05) is 6.20 Å². The normalized spacial score (nSPS) is 10.7. The number of fused-ring (bicyclic) bond motifs is 1. The molecule has 0 N–H and O–H groups in total. The third kappa shape index (κ3) is 0.888. The van der Waals surface area contributed by atoms with Crippen LogP contribution in [0.4, 0.5) is 0 Å². The second-order valence-corrected chi connectivity index (χ2v) is 2.68. The first-order chi connectivity index (χ1) is 5.27. The second kappa shape index (κ2) is 2.05. The highest BCUT2D eigenvalue weighted by Gasteiger charge is 1.97. The highest BCUT2D eigenvalue weighted by Crippen LogP contribution is 2.04. The Bertz CT molecular complexity index is 389. The van der Waals surface area contributed by atoms with E-state index in [9.17, 15) is 0 Å². The molecule has 0 aliphatic carbocycles. The summed E-state index contributed by atoms with van der Waals surface area (Å²) in [6.45, 7) is 4.00. The maximum Gasteiger partial charge on any atom is 0.160 e. The van der Waals surface area contributed by atoms with Crippen molar-refractivity contribution in [2.24, 2.45) is 0 Å². The molecule has 2 heterocycles. The van der Waals surface area contributed by atoms with Crippen LogP contribution < -0.4 is 0 Å². The predicted molar refractivity (Wildman–Crippen MR) is 42.5 cm³/mol. The van der Waals surface area contributed by atoms with E-state index in [0.717, 1.165) is 11.5 Å². The molecule has 0 spiro atoms. The third-order valence-electron chi connectivity index (χ3n) is 1.72. The Hall–Kier alpha value is -1.38. The summed E-state index contributed by atoms with van der Waals surface area (Å²) in [4.78, 5) is 0. The van der Waals surface area contributed by atoms with E-state index in [2.05, 4.69) is 17.1 Å². The second-order valence-electron chi connectivity index (χ2n) is 2.68. The maximum atomic E-state index is 3.97. The monoisotopic (exact) mass is 147 g/mol. The van der Waals surface area contributed by atoms with Gasteiger partial charge >= 0.3 is 0 Å². The zero-order valence-electron chi connectivity index (χ0n) is 6.57. The minimum Gasteiger partial charge on any atom is -0.286 e. The lowest BCUT2D eigenvalue weighted by molar-refractivity contribution is 1.00. The summed E-state index contributed by atoms with van der Waals surface area (Å²) in [5.41, 5.74) is 2.13. The first-order valence-corrected chi connectivity index (χ1v) is 3.55. The number of aromatic nitrogens is 3. The SMILES string of the molecule is Cc1ccc2nnc(C)n2c1. The van der Waals surface area contributed by atoms with E-state index in [1.165, 1.54) is 5.56 Å². The average Bonchev–Trinajstić information content (AvgIpc) is 2.33. The Morgan fingerprint density at radius 3 is 2.82 bits per heavy atom. The molecule has 0 aliphatic rings. The first kappa shape index (κ1) is 6.34. The molecule has 2 aromatic heterocycles. The van der Waals surface area contributed by atoms with Crippen molar-refractivity contribution >= 4 is 5.65 Å². The summed E-state index contributed by atoms with van der Waals surface area (Å²) in [5.74, 6) is 0.934. The molecule has 11 heavy (non-hydrogen) atoms. The molecule has 0 aliphatic heterocycles. The number of pyridine rings is 1. The lowest BCUT2D eigenvalue weighted by atomic mass is 10.3. The highest BCUT2D eigenvalue weighted by molar-refractivity contribution is 5.38. The van der Waals surface area contributed by atoms with Gasteiger partial charge in [0.05, 0.1) is 0 Å². The minimum absolute atomic E-state index is 0.910. The van der Waals surface area contributed by atoms with Gasteiger partial charge in [0.25, 0.3) is 0 Å². The van der Waals surface area contributed by atoms with Crippen molar-refractivity contribution in [1.82, 2.24) is 14.6 Å². The molecule has 0 radical (unpaired) electrons. The van der Waals surface area contributed by atoms with Crippen LogP contribution in [0.5, 0.6) is 0 Å².